The molecule has 2 heterocycles. The number of aliphatic imine (C=N–C) groups is 1. The van der Waals surface area contributed by atoms with Crippen molar-refractivity contribution < 1.29 is 23.1 Å². The first-order chi connectivity index (χ1) is 18.1. The predicted octanol–water partition coefficient (Wildman–Crippen LogP) is 6.86. The predicted molar refractivity (Wildman–Crippen MR) is 143 cm³/mol. The van der Waals surface area contributed by atoms with Gasteiger partial charge in [-0.2, -0.15) is 13.2 Å². The maximum atomic E-state index is 12.7. The Balaban J connectivity index is 1.55. The molecule has 1 fully saturated rings. The minimum atomic E-state index is -4.17. The van der Waals surface area contributed by atoms with Crippen LogP contribution in [0.5, 0.6) is 0 Å². The molecule has 1 aromatic heterocycles. The number of carboxylic acids is 1. The molecule has 1 aliphatic rings. The number of aliphatic carboxylic acids is 1. The zero-order valence-electron chi connectivity index (χ0n) is 20.3. The monoisotopic (exact) mass is 542 g/mol. The first-order valence-corrected chi connectivity index (χ1v) is 12.4. The van der Waals surface area contributed by atoms with Crippen molar-refractivity contribution in [3.63, 3.8) is 0 Å². The van der Waals surface area contributed by atoms with E-state index in [-0.39, 0.29) is 5.92 Å². The Morgan fingerprint density at radius 1 is 1.13 bits per heavy atom. The van der Waals surface area contributed by atoms with Gasteiger partial charge in [-0.1, -0.05) is 48.0 Å². The minimum Gasteiger partial charge on any atom is -0.480 e. The first-order valence-electron chi connectivity index (χ1n) is 12.1. The van der Waals surface area contributed by atoms with Gasteiger partial charge in [0, 0.05) is 23.0 Å². The molecule has 1 unspecified atom stereocenters. The van der Waals surface area contributed by atoms with Gasteiger partial charge in [0.15, 0.2) is 5.82 Å². The third kappa shape index (κ3) is 7.05. The van der Waals surface area contributed by atoms with Gasteiger partial charge < -0.3 is 10.5 Å². The number of pyridine rings is 1. The van der Waals surface area contributed by atoms with E-state index in [1.807, 2.05) is 36.4 Å². The summed E-state index contributed by atoms with van der Waals surface area (Å²) in [4.78, 5) is 21.3. The van der Waals surface area contributed by atoms with Crippen molar-refractivity contribution in [1.29, 1.82) is 5.41 Å². The molecule has 1 atom stereocenters. The van der Waals surface area contributed by atoms with Crippen LogP contribution in [-0.4, -0.2) is 59.2 Å². The molecule has 198 valence electrons. The zero-order valence-corrected chi connectivity index (χ0v) is 21.1. The van der Waals surface area contributed by atoms with Crippen LogP contribution >= 0.6 is 11.6 Å². The topological polar surface area (TPSA) is 89.6 Å². The van der Waals surface area contributed by atoms with Crippen LogP contribution in [0.4, 0.5) is 19.0 Å². The summed E-state index contributed by atoms with van der Waals surface area (Å²) in [5.74, 6) is -1.80. The molecular formula is C28H26ClF3N4O2. The summed E-state index contributed by atoms with van der Waals surface area (Å²) in [5, 5.41) is 16.9. The third-order valence-corrected chi connectivity index (χ3v) is 6.74. The number of nitrogens with one attached hydrogen (secondary N) is 1. The molecule has 38 heavy (non-hydrogen) atoms. The first kappa shape index (κ1) is 27.5. The van der Waals surface area contributed by atoms with Gasteiger partial charge in [0.2, 0.25) is 0 Å². The van der Waals surface area contributed by atoms with E-state index in [9.17, 15) is 18.0 Å². The molecule has 0 saturated carbocycles. The van der Waals surface area contributed by atoms with E-state index in [1.54, 1.807) is 24.3 Å². The van der Waals surface area contributed by atoms with E-state index in [2.05, 4.69) is 9.98 Å². The molecule has 0 aliphatic carbocycles. The van der Waals surface area contributed by atoms with E-state index in [0.717, 1.165) is 34.7 Å². The fraction of sp³-hybridized carbons (Fsp3) is 0.286. The van der Waals surface area contributed by atoms with Gasteiger partial charge in [-0.3, -0.25) is 9.69 Å². The Morgan fingerprint density at radius 2 is 1.84 bits per heavy atom. The van der Waals surface area contributed by atoms with E-state index >= 15 is 0 Å². The Bertz CT molecular complexity index is 1320. The highest BCUT2D eigenvalue weighted by atomic mass is 35.5. The molecule has 0 bridgehead atoms. The van der Waals surface area contributed by atoms with Crippen LogP contribution in [0.3, 0.4) is 0 Å². The molecule has 1 saturated heterocycles. The van der Waals surface area contributed by atoms with Crippen LogP contribution in [-0.2, 0) is 4.79 Å². The van der Waals surface area contributed by atoms with E-state index in [4.69, 9.17) is 22.1 Å². The molecule has 10 heteroatoms. The van der Waals surface area contributed by atoms with Crippen molar-refractivity contribution >= 4 is 35.8 Å². The fourth-order valence-corrected chi connectivity index (χ4v) is 4.74. The number of rotatable bonds is 8. The number of hydrogen-bond donors (Lipinski definition) is 2. The summed E-state index contributed by atoms with van der Waals surface area (Å²) >= 11 is 6.31. The number of likely N-dealkylation sites (tertiary alicyclic amines) is 1. The molecule has 0 amide bonds. The van der Waals surface area contributed by atoms with Crippen molar-refractivity contribution in [1.82, 2.24) is 9.88 Å². The van der Waals surface area contributed by atoms with Crippen molar-refractivity contribution in [3.8, 4) is 22.4 Å². The smallest absolute Gasteiger partial charge is 0.401 e. The van der Waals surface area contributed by atoms with E-state index in [1.165, 1.54) is 4.90 Å². The van der Waals surface area contributed by atoms with Gasteiger partial charge in [0.25, 0.3) is 0 Å². The van der Waals surface area contributed by atoms with E-state index < -0.39 is 24.6 Å². The van der Waals surface area contributed by atoms with Crippen LogP contribution < -0.4 is 0 Å². The summed E-state index contributed by atoms with van der Waals surface area (Å²) < 4.78 is 38.1. The number of nitrogens with zero attached hydrogens (tertiary/aromatic N) is 3. The highest BCUT2D eigenvalue weighted by Gasteiger charge is 2.32. The SMILES string of the molecule is N=CC(C=Nc1cccc(-c2cc(Cl)ccc2-c2ccc(C3CCN(CC(F)(F)F)CC3)cc2)n1)C(=O)O. The summed E-state index contributed by atoms with van der Waals surface area (Å²) in [6.07, 6.45) is -0.862. The fourth-order valence-electron chi connectivity index (χ4n) is 4.57. The normalized spacial score (nSPS) is 16.0. The van der Waals surface area contributed by atoms with Crippen LogP contribution in [0, 0.1) is 11.3 Å². The van der Waals surface area contributed by atoms with Crippen molar-refractivity contribution in [2.24, 2.45) is 10.9 Å². The number of alkyl halides is 3. The summed E-state index contributed by atoms with van der Waals surface area (Å²) in [6.45, 7) is -0.0169. The molecule has 0 spiro atoms. The second kappa shape index (κ2) is 11.9. The van der Waals surface area contributed by atoms with Crippen LogP contribution in [0.2, 0.25) is 5.02 Å². The number of carboxylic acid groups (broad SMARTS) is 1. The van der Waals surface area contributed by atoms with Gasteiger partial charge in [-0.25, -0.2) is 9.98 Å². The molecule has 4 rings (SSSR count). The minimum absolute atomic E-state index is 0.213. The molecule has 1 aliphatic heterocycles. The number of carbonyl (C=O) groups is 1. The van der Waals surface area contributed by atoms with Crippen LogP contribution in [0.25, 0.3) is 22.4 Å². The van der Waals surface area contributed by atoms with Crippen LogP contribution in [0.15, 0.2) is 65.7 Å². The number of benzene rings is 2. The van der Waals surface area contributed by atoms with Crippen LogP contribution in [0.1, 0.15) is 24.3 Å². The van der Waals surface area contributed by atoms with Gasteiger partial charge in [-0.05, 0) is 72.8 Å². The second-order valence-electron chi connectivity index (χ2n) is 9.17. The maximum absolute atomic E-state index is 12.7. The lowest BCUT2D eigenvalue weighted by Gasteiger charge is -2.32. The number of hydrogen-bond acceptors (Lipinski definition) is 5. The lowest BCUT2D eigenvalue weighted by molar-refractivity contribution is -0.148. The highest BCUT2D eigenvalue weighted by molar-refractivity contribution is 6.31. The zero-order chi connectivity index (χ0) is 27.3. The molecule has 2 aromatic carbocycles. The Kier molecular flexibility index (Phi) is 8.58. The summed E-state index contributed by atoms with van der Waals surface area (Å²) in [6, 6.07) is 18.7. The van der Waals surface area contributed by atoms with Gasteiger partial charge in [0.05, 0.1) is 12.2 Å². The second-order valence-corrected chi connectivity index (χ2v) is 9.60. The molecular weight excluding hydrogens is 517 g/mol. The third-order valence-electron chi connectivity index (χ3n) is 6.51. The number of aromatic nitrogens is 1. The average molecular weight is 543 g/mol. The Hall–Kier alpha value is -3.56. The molecule has 0 radical (unpaired) electrons. The van der Waals surface area contributed by atoms with Gasteiger partial charge in [-0.15, -0.1) is 0 Å². The van der Waals surface area contributed by atoms with Crippen molar-refractivity contribution in [2.75, 3.05) is 19.6 Å². The van der Waals surface area contributed by atoms with Gasteiger partial charge in [0.1, 0.15) is 5.92 Å². The summed E-state index contributed by atoms with van der Waals surface area (Å²) in [5.41, 5.74) is 4.28. The lowest BCUT2D eigenvalue weighted by Crippen LogP contribution is -2.39. The Morgan fingerprint density at radius 3 is 2.47 bits per heavy atom. The van der Waals surface area contributed by atoms with Crippen molar-refractivity contribution in [3.05, 3.63) is 71.2 Å². The standard InChI is InChI=1S/C28H26ClF3N4O2/c29-22-8-9-23(24(14-22)25-2-1-3-26(35-25)34-16-21(15-33)27(37)38)20-6-4-18(5-7-20)19-10-12-36(13-11-19)17-28(30,31)32/h1-9,14-16,19,21,33H,10-13,17H2,(H,37,38). The Labute approximate surface area is 223 Å². The number of halogens is 4. The molecule has 6 nitrogen and oxygen atoms in total. The quantitative estimate of drug-likeness (QED) is 0.304. The average Bonchev–Trinajstić information content (AvgIpc) is 2.89. The number of piperidine rings is 1. The summed E-state index contributed by atoms with van der Waals surface area (Å²) in [7, 11) is 0. The highest BCUT2D eigenvalue weighted by Crippen LogP contribution is 2.36. The van der Waals surface area contributed by atoms with Gasteiger partial charge >= 0.3 is 12.1 Å². The van der Waals surface area contributed by atoms with Crippen molar-refractivity contribution in [2.45, 2.75) is 24.9 Å². The maximum Gasteiger partial charge on any atom is 0.401 e. The lowest BCUT2D eigenvalue weighted by atomic mass is 9.88. The molecule has 3 aromatic rings. The molecule has 2 N–H and O–H groups in total. The van der Waals surface area contributed by atoms with E-state index in [0.29, 0.717) is 42.5 Å². The largest absolute Gasteiger partial charge is 0.480 e.